The van der Waals surface area contributed by atoms with E-state index in [-0.39, 0.29) is 23.6 Å². The molecule has 26 heavy (non-hydrogen) atoms. The molecule has 0 radical (unpaired) electrons. The molecular weight excluding hydrogens is 340 g/mol. The molecule has 1 saturated heterocycles. The molecule has 0 aromatic heterocycles. The zero-order valence-electron chi connectivity index (χ0n) is 14.1. The van der Waals surface area contributed by atoms with Gasteiger partial charge in [-0.25, -0.2) is 13.6 Å². The summed E-state index contributed by atoms with van der Waals surface area (Å²) < 4.78 is 25.8. The van der Waals surface area contributed by atoms with Crippen LogP contribution in [0.5, 0.6) is 0 Å². The summed E-state index contributed by atoms with van der Waals surface area (Å²) in [7, 11) is 0. The Bertz CT molecular complexity index is 770. The SMILES string of the molecule is O=C(NCc1ccc(F)cc1)N1CCN(C(=O)c2ccc(F)cc2)CC1. The Morgan fingerprint density at radius 3 is 1.88 bits per heavy atom. The molecule has 0 bridgehead atoms. The van der Waals surface area contributed by atoms with E-state index in [4.69, 9.17) is 0 Å². The molecule has 1 aliphatic rings. The number of amides is 3. The van der Waals surface area contributed by atoms with Crippen LogP contribution in [0.15, 0.2) is 48.5 Å². The van der Waals surface area contributed by atoms with Crippen LogP contribution < -0.4 is 5.32 Å². The first-order chi connectivity index (χ1) is 12.5. The van der Waals surface area contributed by atoms with E-state index in [1.165, 1.54) is 36.4 Å². The first kappa shape index (κ1) is 17.8. The van der Waals surface area contributed by atoms with Gasteiger partial charge in [0, 0.05) is 38.3 Å². The third kappa shape index (κ3) is 4.36. The summed E-state index contributed by atoms with van der Waals surface area (Å²) in [6.45, 7) is 1.98. The van der Waals surface area contributed by atoms with Crippen LogP contribution in [0, 0.1) is 11.6 Å². The molecule has 5 nitrogen and oxygen atoms in total. The lowest BCUT2D eigenvalue weighted by molar-refractivity contribution is 0.0665. The maximum Gasteiger partial charge on any atom is 0.317 e. The van der Waals surface area contributed by atoms with E-state index in [9.17, 15) is 18.4 Å². The Morgan fingerprint density at radius 2 is 1.31 bits per heavy atom. The molecule has 0 atom stereocenters. The summed E-state index contributed by atoms with van der Waals surface area (Å²) in [5.41, 5.74) is 1.24. The standard InChI is InChI=1S/C19H19F2N3O2/c20-16-5-1-14(2-6-16)13-22-19(26)24-11-9-23(10-12-24)18(25)15-3-7-17(21)8-4-15/h1-8H,9-13H2,(H,22,26). The minimum Gasteiger partial charge on any atom is -0.335 e. The number of hydrogen-bond donors (Lipinski definition) is 1. The van der Waals surface area contributed by atoms with Crippen LogP contribution in [0.2, 0.25) is 0 Å². The van der Waals surface area contributed by atoms with Crippen LogP contribution in [-0.2, 0) is 6.54 Å². The van der Waals surface area contributed by atoms with Gasteiger partial charge in [-0.1, -0.05) is 12.1 Å². The number of nitrogens with one attached hydrogen (secondary N) is 1. The fraction of sp³-hybridized carbons (Fsp3) is 0.263. The summed E-state index contributed by atoms with van der Waals surface area (Å²) in [5.74, 6) is -0.873. The lowest BCUT2D eigenvalue weighted by atomic mass is 10.2. The van der Waals surface area contributed by atoms with Gasteiger partial charge in [0.05, 0.1) is 0 Å². The average molecular weight is 359 g/mol. The molecule has 2 aromatic carbocycles. The Kier molecular flexibility index (Phi) is 5.46. The topological polar surface area (TPSA) is 52.7 Å². The average Bonchev–Trinajstić information content (AvgIpc) is 2.67. The van der Waals surface area contributed by atoms with Gasteiger partial charge in [0.25, 0.3) is 5.91 Å². The molecule has 0 unspecified atom stereocenters. The van der Waals surface area contributed by atoms with Gasteiger partial charge in [-0.15, -0.1) is 0 Å². The molecule has 0 spiro atoms. The molecule has 3 amide bonds. The van der Waals surface area contributed by atoms with E-state index < -0.39 is 0 Å². The van der Waals surface area contributed by atoms with Crippen molar-refractivity contribution in [3.63, 3.8) is 0 Å². The molecule has 1 N–H and O–H groups in total. The van der Waals surface area contributed by atoms with E-state index in [0.717, 1.165) is 5.56 Å². The largest absolute Gasteiger partial charge is 0.335 e. The third-order valence-electron chi connectivity index (χ3n) is 4.30. The number of nitrogens with zero attached hydrogens (tertiary/aromatic N) is 2. The van der Waals surface area contributed by atoms with Gasteiger partial charge in [-0.2, -0.15) is 0 Å². The second-order valence-corrected chi connectivity index (χ2v) is 6.07. The van der Waals surface area contributed by atoms with Crippen molar-refractivity contribution in [2.24, 2.45) is 0 Å². The highest BCUT2D eigenvalue weighted by Gasteiger charge is 2.24. The van der Waals surface area contributed by atoms with Crippen molar-refractivity contribution in [2.45, 2.75) is 6.54 Å². The van der Waals surface area contributed by atoms with Gasteiger partial charge in [0.2, 0.25) is 0 Å². The number of piperazine rings is 1. The van der Waals surface area contributed by atoms with E-state index in [1.807, 2.05) is 0 Å². The smallest absolute Gasteiger partial charge is 0.317 e. The highest BCUT2D eigenvalue weighted by molar-refractivity contribution is 5.94. The Labute approximate surface area is 150 Å². The zero-order chi connectivity index (χ0) is 18.5. The van der Waals surface area contributed by atoms with Crippen molar-refractivity contribution in [1.29, 1.82) is 0 Å². The number of halogens is 2. The normalized spacial score (nSPS) is 14.2. The van der Waals surface area contributed by atoms with Crippen LogP contribution >= 0.6 is 0 Å². The van der Waals surface area contributed by atoms with Crippen LogP contribution in [0.25, 0.3) is 0 Å². The fourth-order valence-corrected chi connectivity index (χ4v) is 2.78. The van der Waals surface area contributed by atoms with E-state index >= 15 is 0 Å². The summed E-state index contributed by atoms with van der Waals surface area (Å²) in [4.78, 5) is 27.9. The monoisotopic (exact) mass is 359 g/mol. The summed E-state index contributed by atoms with van der Waals surface area (Å²) >= 11 is 0. The summed E-state index contributed by atoms with van der Waals surface area (Å²) in [6, 6.07) is 11.1. The van der Waals surface area contributed by atoms with Crippen LogP contribution in [0.1, 0.15) is 15.9 Å². The first-order valence-corrected chi connectivity index (χ1v) is 8.35. The molecule has 2 aromatic rings. The molecule has 3 rings (SSSR count). The lowest BCUT2D eigenvalue weighted by Crippen LogP contribution is -2.53. The Hall–Kier alpha value is -2.96. The highest BCUT2D eigenvalue weighted by Crippen LogP contribution is 2.10. The second-order valence-electron chi connectivity index (χ2n) is 6.07. The van der Waals surface area contributed by atoms with E-state index in [2.05, 4.69) is 5.32 Å². The quantitative estimate of drug-likeness (QED) is 0.916. The molecule has 7 heteroatoms. The van der Waals surface area contributed by atoms with E-state index in [0.29, 0.717) is 38.3 Å². The molecule has 0 aliphatic carbocycles. The maximum atomic E-state index is 13.0. The molecular formula is C19H19F2N3O2. The van der Waals surface area contributed by atoms with Gasteiger partial charge < -0.3 is 15.1 Å². The van der Waals surface area contributed by atoms with Crippen molar-refractivity contribution in [3.05, 3.63) is 71.3 Å². The molecule has 1 aliphatic heterocycles. The van der Waals surface area contributed by atoms with Crippen molar-refractivity contribution in [3.8, 4) is 0 Å². The Balaban J connectivity index is 1.48. The number of hydrogen-bond acceptors (Lipinski definition) is 2. The fourth-order valence-electron chi connectivity index (χ4n) is 2.78. The van der Waals surface area contributed by atoms with Crippen molar-refractivity contribution in [2.75, 3.05) is 26.2 Å². The lowest BCUT2D eigenvalue weighted by Gasteiger charge is -2.34. The number of carbonyl (C=O) groups is 2. The molecule has 136 valence electrons. The number of carbonyl (C=O) groups excluding carboxylic acids is 2. The van der Waals surface area contributed by atoms with Gasteiger partial charge in [-0.3, -0.25) is 4.79 Å². The highest BCUT2D eigenvalue weighted by atomic mass is 19.1. The molecule has 0 saturated carbocycles. The first-order valence-electron chi connectivity index (χ1n) is 8.35. The minimum atomic E-state index is -0.385. The number of rotatable bonds is 3. The summed E-state index contributed by atoms with van der Waals surface area (Å²) in [6.07, 6.45) is 0. The predicted molar refractivity (Wildman–Crippen MR) is 92.5 cm³/mol. The Morgan fingerprint density at radius 1 is 0.808 bits per heavy atom. The number of benzene rings is 2. The van der Waals surface area contributed by atoms with Gasteiger partial charge >= 0.3 is 6.03 Å². The van der Waals surface area contributed by atoms with Gasteiger partial charge in [0.15, 0.2) is 0 Å². The van der Waals surface area contributed by atoms with Crippen LogP contribution in [0.3, 0.4) is 0 Å². The third-order valence-corrected chi connectivity index (χ3v) is 4.30. The van der Waals surface area contributed by atoms with Crippen LogP contribution in [0.4, 0.5) is 13.6 Å². The maximum absolute atomic E-state index is 13.0. The number of urea groups is 1. The van der Waals surface area contributed by atoms with Crippen molar-refractivity contribution >= 4 is 11.9 Å². The zero-order valence-corrected chi connectivity index (χ0v) is 14.1. The van der Waals surface area contributed by atoms with Gasteiger partial charge in [0.1, 0.15) is 11.6 Å². The van der Waals surface area contributed by atoms with E-state index in [1.54, 1.807) is 21.9 Å². The van der Waals surface area contributed by atoms with Crippen molar-refractivity contribution < 1.29 is 18.4 Å². The van der Waals surface area contributed by atoms with Crippen LogP contribution in [-0.4, -0.2) is 47.9 Å². The predicted octanol–water partition coefficient (Wildman–Crippen LogP) is 2.63. The minimum absolute atomic E-state index is 0.170. The van der Waals surface area contributed by atoms with Gasteiger partial charge in [-0.05, 0) is 42.0 Å². The van der Waals surface area contributed by atoms with Crippen molar-refractivity contribution in [1.82, 2.24) is 15.1 Å². The second kappa shape index (κ2) is 7.95. The summed E-state index contributed by atoms with van der Waals surface area (Å²) in [5, 5.41) is 2.79. The molecule has 1 fully saturated rings. The molecule has 1 heterocycles.